The summed E-state index contributed by atoms with van der Waals surface area (Å²) in [5, 5.41) is 10.9. The predicted molar refractivity (Wildman–Crippen MR) is 61.7 cm³/mol. The van der Waals surface area contributed by atoms with Gasteiger partial charge in [0.15, 0.2) is 0 Å². The summed E-state index contributed by atoms with van der Waals surface area (Å²) in [6.07, 6.45) is 0.508. The van der Waals surface area contributed by atoms with Crippen molar-refractivity contribution in [2.24, 2.45) is 17.1 Å². The molecular weight excluding hydrogens is 210 g/mol. The van der Waals surface area contributed by atoms with E-state index in [1.807, 2.05) is 24.3 Å². The molecule has 1 aliphatic rings. The van der Waals surface area contributed by atoms with Gasteiger partial charge in [0.25, 0.3) is 0 Å². The van der Waals surface area contributed by atoms with Crippen molar-refractivity contribution in [2.45, 2.75) is 19.4 Å². The third kappa shape index (κ3) is 1.78. The third-order valence-electron chi connectivity index (χ3n) is 3.60. The summed E-state index contributed by atoms with van der Waals surface area (Å²) >= 11 is 5.90. The highest BCUT2D eigenvalue weighted by molar-refractivity contribution is 6.30. The number of aliphatic hydroxyl groups excluding tert-OH is 1. The van der Waals surface area contributed by atoms with E-state index in [4.69, 9.17) is 17.3 Å². The number of hydrogen-bond acceptors (Lipinski definition) is 2. The van der Waals surface area contributed by atoms with Gasteiger partial charge in [0.1, 0.15) is 0 Å². The molecule has 1 aromatic carbocycles. The molecule has 3 heteroatoms. The van der Waals surface area contributed by atoms with E-state index in [2.05, 4.69) is 6.92 Å². The quantitative estimate of drug-likeness (QED) is 0.830. The first-order valence-electron chi connectivity index (χ1n) is 5.24. The lowest BCUT2D eigenvalue weighted by Gasteiger charge is -2.22. The van der Waals surface area contributed by atoms with Crippen molar-refractivity contribution in [1.29, 1.82) is 0 Å². The van der Waals surface area contributed by atoms with Gasteiger partial charge in [0.05, 0.1) is 6.10 Å². The molecule has 1 aliphatic carbocycles. The van der Waals surface area contributed by atoms with Gasteiger partial charge in [-0.2, -0.15) is 0 Å². The van der Waals surface area contributed by atoms with Crippen LogP contribution < -0.4 is 5.73 Å². The molecule has 3 N–H and O–H groups in total. The monoisotopic (exact) mass is 225 g/mol. The van der Waals surface area contributed by atoms with Crippen LogP contribution in [0.3, 0.4) is 0 Å². The lowest BCUT2D eigenvalue weighted by molar-refractivity contribution is 0.0889. The highest BCUT2D eigenvalue weighted by atomic mass is 35.5. The first-order chi connectivity index (χ1) is 7.10. The smallest absolute Gasteiger partial charge is 0.0861 e. The minimum absolute atomic E-state index is 0.120. The lowest BCUT2D eigenvalue weighted by Crippen LogP contribution is -2.25. The summed E-state index contributed by atoms with van der Waals surface area (Å²) < 4.78 is 0. The van der Waals surface area contributed by atoms with E-state index in [1.165, 1.54) is 0 Å². The Morgan fingerprint density at radius 3 is 2.80 bits per heavy atom. The number of rotatable bonds is 3. The Hall–Kier alpha value is -0.570. The van der Waals surface area contributed by atoms with Crippen LogP contribution in [0.5, 0.6) is 0 Å². The van der Waals surface area contributed by atoms with E-state index >= 15 is 0 Å². The second-order valence-corrected chi connectivity index (χ2v) is 4.94. The second-order valence-electron chi connectivity index (χ2n) is 4.50. The molecule has 3 atom stereocenters. The largest absolute Gasteiger partial charge is 0.388 e. The zero-order valence-electron chi connectivity index (χ0n) is 8.78. The van der Waals surface area contributed by atoms with Crippen LogP contribution in [0.2, 0.25) is 5.02 Å². The van der Waals surface area contributed by atoms with Gasteiger partial charge in [0, 0.05) is 17.0 Å². The number of hydrogen-bond donors (Lipinski definition) is 2. The molecule has 1 fully saturated rings. The summed E-state index contributed by atoms with van der Waals surface area (Å²) in [5.41, 5.74) is 6.49. The molecule has 1 saturated carbocycles. The molecule has 2 nitrogen and oxygen atoms in total. The predicted octanol–water partition coefficient (Wildman–Crippen LogP) is 2.36. The van der Waals surface area contributed by atoms with Crippen molar-refractivity contribution in [3.8, 4) is 0 Å². The number of aliphatic hydroxyl groups is 1. The van der Waals surface area contributed by atoms with Crippen LogP contribution in [-0.2, 0) is 0 Å². The van der Waals surface area contributed by atoms with Crippen LogP contribution in [0.25, 0.3) is 0 Å². The Balaban J connectivity index is 2.25. The van der Waals surface area contributed by atoms with Gasteiger partial charge < -0.3 is 10.8 Å². The Morgan fingerprint density at radius 1 is 1.67 bits per heavy atom. The summed E-state index contributed by atoms with van der Waals surface area (Å²) in [7, 11) is 0. The van der Waals surface area contributed by atoms with E-state index in [9.17, 15) is 5.11 Å². The zero-order chi connectivity index (χ0) is 11.1. The van der Waals surface area contributed by atoms with Crippen LogP contribution in [-0.4, -0.2) is 11.7 Å². The Bertz CT molecular complexity index is 364. The SMILES string of the molecule is CC1CC1(CN)C(O)c1cccc(Cl)c1. The van der Waals surface area contributed by atoms with E-state index in [-0.39, 0.29) is 5.41 Å². The van der Waals surface area contributed by atoms with Crippen molar-refractivity contribution in [3.05, 3.63) is 34.9 Å². The fourth-order valence-corrected chi connectivity index (χ4v) is 2.50. The molecular formula is C12H16ClNO. The maximum Gasteiger partial charge on any atom is 0.0861 e. The van der Waals surface area contributed by atoms with Crippen LogP contribution >= 0.6 is 11.6 Å². The zero-order valence-corrected chi connectivity index (χ0v) is 9.54. The fourth-order valence-electron chi connectivity index (χ4n) is 2.30. The first-order valence-corrected chi connectivity index (χ1v) is 5.61. The summed E-state index contributed by atoms with van der Waals surface area (Å²) in [4.78, 5) is 0. The normalized spacial score (nSPS) is 31.3. The fraction of sp³-hybridized carbons (Fsp3) is 0.500. The van der Waals surface area contributed by atoms with Crippen LogP contribution in [0.15, 0.2) is 24.3 Å². The molecule has 0 aromatic heterocycles. The number of halogens is 1. The van der Waals surface area contributed by atoms with Gasteiger partial charge in [-0.05, 0) is 30.0 Å². The molecule has 1 aromatic rings. The summed E-state index contributed by atoms with van der Waals surface area (Å²) in [6.45, 7) is 2.66. The molecule has 0 amide bonds. The first kappa shape index (κ1) is 10.9. The standard InChI is InChI=1S/C12H16ClNO/c1-8-6-12(8,7-14)11(15)9-3-2-4-10(13)5-9/h2-5,8,11,15H,6-7,14H2,1H3. The minimum Gasteiger partial charge on any atom is -0.388 e. The van der Waals surface area contributed by atoms with Gasteiger partial charge >= 0.3 is 0 Å². The van der Waals surface area contributed by atoms with Crippen LogP contribution in [0, 0.1) is 11.3 Å². The van der Waals surface area contributed by atoms with Gasteiger partial charge in [-0.3, -0.25) is 0 Å². The second kappa shape index (κ2) is 3.78. The lowest BCUT2D eigenvalue weighted by atomic mass is 9.91. The maximum absolute atomic E-state index is 10.3. The van der Waals surface area contributed by atoms with Crippen LogP contribution in [0.1, 0.15) is 25.0 Å². The van der Waals surface area contributed by atoms with Crippen LogP contribution in [0.4, 0.5) is 0 Å². The molecule has 15 heavy (non-hydrogen) atoms. The van der Waals surface area contributed by atoms with Crippen molar-refractivity contribution in [1.82, 2.24) is 0 Å². The summed E-state index contributed by atoms with van der Waals surface area (Å²) in [5.74, 6) is 0.497. The van der Waals surface area contributed by atoms with Crippen molar-refractivity contribution in [2.75, 3.05) is 6.54 Å². The molecule has 2 rings (SSSR count). The van der Waals surface area contributed by atoms with E-state index in [0.717, 1.165) is 12.0 Å². The Labute approximate surface area is 95.1 Å². The third-order valence-corrected chi connectivity index (χ3v) is 3.83. The number of benzene rings is 1. The molecule has 0 radical (unpaired) electrons. The minimum atomic E-state index is -0.490. The average Bonchev–Trinajstić information content (AvgIpc) is 2.90. The van der Waals surface area contributed by atoms with Crippen molar-refractivity contribution < 1.29 is 5.11 Å². The molecule has 3 unspecified atom stereocenters. The molecule has 0 bridgehead atoms. The van der Waals surface area contributed by atoms with E-state index < -0.39 is 6.10 Å². The maximum atomic E-state index is 10.3. The van der Waals surface area contributed by atoms with Crippen molar-refractivity contribution >= 4 is 11.6 Å². The topological polar surface area (TPSA) is 46.2 Å². The number of nitrogens with two attached hydrogens (primary N) is 1. The molecule has 0 spiro atoms. The molecule has 0 heterocycles. The Kier molecular flexibility index (Phi) is 2.75. The van der Waals surface area contributed by atoms with E-state index in [0.29, 0.717) is 17.5 Å². The summed E-state index contributed by atoms with van der Waals surface area (Å²) in [6, 6.07) is 7.38. The van der Waals surface area contributed by atoms with Gasteiger partial charge in [-0.1, -0.05) is 30.7 Å². The Morgan fingerprint density at radius 2 is 2.33 bits per heavy atom. The highest BCUT2D eigenvalue weighted by Gasteiger charge is 2.55. The molecule has 0 saturated heterocycles. The van der Waals surface area contributed by atoms with E-state index in [1.54, 1.807) is 0 Å². The molecule has 82 valence electrons. The highest BCUT2D eigenvalue weighted by Crippen LogP contribution is 2.59. The molecule has 0 aliphatic heterocycles. The van der Waals surface area contributed by atoms with Gasteiger partial charge in [-0.15, -0.1) is 0 Å². The van der Waals surface area contributed by atoms with Gasteiger partial charge in [0.2, 0.25) is 0 Å². The average molecular weight is 226 g/mol. The van der Waals surface area contributed by atoms with Crippen molar-refractivity contribution in [3.63, 3.8) is 0 Å². The van der Waals surface area contributed by atoms with Gasteiger partial charge in [-0.25, -0.2) is 0 Å².